The Morgan fingerprint density at radius 2 is 1.83 bits per heavy atom. The van der Waals surface area contributed by atoms with E-state index in [1.165, 1.54) is 12.7 Å². The van der Waals surface area contributed by atoms with E-state index < -0.39 is 9.84 Å². The van der Waals surface area contributed by atoms with Gasteiger partial charge in [-0.15, -0.1) is 0 Å². The number of sulfone groups is 1. The Hall–Kier alpha value is -1.62. The summed E-state index contributed by atoms with van der Waals surface area (Å²) < 4.78 is 29.8. The first-order valence-corrected chi connectivity index (χ1v) is 9.70. The molecule has 0 saturated carbocycles. The zero-order valence-electron chi connectivity index (χ0n) is 13.7. The van der Waals surface area contributed by atoms with E-state index in [1.54, 1.807) is 30.3 Å². The number of hydrogen-bond donors (Lipinski definition) is 0. The Labute approximate surface area is 139 Å². The molecule has 1 atom stereocenters. The van der Waals surface area contributed by atoms with Gasteiger partial charge < -0.3 is 9.53 Å². The number of unbranched alkanes of at least 4 members (excludes halogenated alkanes) is 3. The summed E-state index contributed by atoms with van der Waals surface area (Å²) in [6.45, 7) is 2.15. The molecule has 0 aromatic heterocycles. The van der Waals surface area contributed by atoms with Crippen molar-refractivity contribution >= 4 is 16.1 Å². The predicted octanol–water partition coefficient (Wildman–Crippen LogP) is 4.27. The van der Waals surface area contributed by atoms with Crippen LogP contribution in [0.1, 0.15) is 51.9 Å². The molecule has 0 N–H and O–H groups in total. The average Bonchev–Trinajstić information content (AvgIpc) is 2.56. The van der Waals surface area contributed by atoms with Crippen molar-refractivity contribution in [1.29, 1.82) is 0 Å². The van der Waals surface area contributed by atoms with Crippen LogP contribution in [0.15, 0.2) is 46.9 Å². The fourth-order valence-corrected chi connectivity index (χ4v) is 3.14. The number of aldehydes is 1. The van der Waals surface area contributed by atoms with Gasteiger partial charge >= 0.3 is 0 Å². The minimum Gasteiger partial charge on any atom is -0.497 e. The van der Waals surface area contributed by atoms with Crippen LogP contribution in [0.5, 0.6) is 0 Å². The molecule has 1 rings (SSSR count). The summed E-state index contributed by atoms with van der Waals surface area (Å²) in [5.41, 5.74) is 0. The average molecular weight is 338 g/mol. The molecule has 0 unspecified atom stereocenters. The van der Waals surface area contributed by atoms with Crippen LogP contribution in [0, 0.1) is 0 Å². The van der Waals surface area contributed by atoms with Gasteiger partial charge in [0.25, 0.3) is 0 Å². The maximum Gasteiger partial charge on any atom is 0.202 e. The molecule has 0 spiro atoms. The molecule has 0 aliphatic carbocycles. The maximum atomic E-state index is 12.1. The summed E-state index contributed by atoms with van der Waals surface area (Å²) >= 11 is 0. The van der Waals surface area contributed by atoms with E-state index in [4.69, 9.17) is 4.74 Å². The van der Waals surface area contributed by atoms with E-state index in [2.05, 4.69) is 6.92 Å². The van der Waals surface area contributed by atoms with Gasteiger partial charge in [-0.3, -0.25) is 0 Å². The molecule has 4 nitrogen and oxygen atoms in total. The molecule has 128 valence electrons. The van der Waals surface area contributed by atoms with Crippen molar-refractivity contribution in [2.75, 3.05) is 0 Å². The number of carbonyl (C=O) groups excluding carboxylic acids is 1. The molecule has 0 fully saturated rings. The highest BCUT2D eigenvalue weighted by molar-refractivity contribution is 7.94. The lowest BCUT2D eigenvalue weighted by Gasteiger charge is -2.15. The maximum absolute atomic E-state index is 12.1. The van der Waals surface area contributed by atoms with Crippen LogP contribution >= 0.6 is 0 Å². The summed E-state index contributed by atoms with van der Waals surface area (Å²) in [6, 6.07) is 8.23. The molecule has 1 aromatic carbocycles. The van der Waals surface area contributed by atoms with Crippen molar-refractivity contribution in [1.82, 2.24) is 0 Å². The highest BCUT2D eigenvalue weighted by atomic mass is 32.2. The number of benzene rings is 1. The van der Waals surface area contributed by atoms with Gasteiger partial charge in [-0.2, -0.15) is 0 Å². The van der Waals surface area contributed by atoms with E-state index in [-0.39, 0.29) is 11.0 Å². The lowest BCUT2D eigenvalue weighted by molar-refractivity contribution is -0.108. The van der Waals surface area contributed by atoms with Gasteiger partial charge in [0.1, 0.15) is 6.29 Å². The minimum absolute atomic E-state index is 0.112. The first kappa shape index (κ1) is 19.4. The van der Waals surface area contributed by atoms with Crippen molar-refractivity contribution < 1.29 is 17.9 Å². The molecule has 0 bridgehead atoms. The second-order valence-corrected chi connectivity index (χ2v) is 7.32. The quantitative estimate of drug-likeness (QED) is 0.324. The van der Waals surface area contributed by atoms with Gasteiger partial charge in [0.15, 0.2) is 0 Å². The molecule has 0 radical (unpaired) electrons. The van der Waals surface area contributed by atoms with Crippen LogP contribution in [0.25, 0.3) is 0 Å². The second kappa shape index (κ2) is 11.0. The van der Waals surface area contributed by atoms with Crippen LogP contribution in [0.3, 0.4) is 0 Å². The number of ether oxygens (including phenoxy) is 1. The van der Waals surface area contributed by atoms with Crippen molar-refractivity contribution in [3.63, 3.8) is 0 Å². The third kappa shape index (κ3) is 7.98. The Morgan fingerprint density at radius 3 is 2.48 bits per heavy atom. The standard InChI is InChI=1S/C18H26O4S/c1-2-3-4-6-10-17(11-9-14-19)22-15-16-23(20,21)18-12-7-5-8-13-18/h5,7-8,12-17H,2-4,6,9-11H2,1H3/t17-/m1/s1. The monoisotopic (exact) mass is 338 g/mol. The second-order valence-electron chi connectivity index (χ2n) is 5.48. The summed E-state index contributed by atoms with van der Waals surface area (Å²) in [5.74, 6) is 0. The third-order valence-corrected chi connectivity index (χ3v) is 4.96. The summed E-state index contributed by atoms with van der Waals surface area (Å²) in [5, 5.41) is 1.09. The summed E-state index contributed by atoms with van der Waals surface area (Å²) in [4.78, 5) is 10.8. The Kier molecular flexibility index (Phi) is 9.29. The van der Waals surface area contributed by atoms with Gasteiger partial charge in [-0.1, -0.05) is 44.4 Å². The predicted molar refractivity (Wildman–Crippen MR) is 91.7 cm³/mol. The third-order valence-electron chi connectivity index (χ3n) is 3.56. The van der Waals surface area contributed by atoms with Gasteiger partial charge in [0, 0.05) is 6.42 Å². The number of hydrogen-bond acceptors (Lipinski definition) is 4. The van der Waals surface area contributed by atoms with E-state index in [9.17, 15) is 13.2 Å². The fraction of sp³-hybridized carbons (Fsp3) is 0.500. The lowest BCUT2D eigenvalue weighted by atomic mass is 10.1. The zero-order chi connectivity index (χ0) is 17.0. The van der Waals surface area contributed by atoms with Crippen molar-refractivity contribution in [3.8, 4) is 0 Å². The van der Waals surface area contributed by atoms with Crippen molar-refractivity contribution in [2.24, 2.45) is 0 Å². The number of carbonyl (C=O) groups is 1. The first-order chi connectivity index (χ1) is 11.1. The molecule has 0 amide bonds. The smallest absolute Gasteiger partial charge is 0.202 e. The Balaban J connectivity index is 2.56. The topological polar surface area (TPSA) is 60.4 Å². The first-order valence-electron chi connectivity index (χ1n) is 8.16. The van der Waals surface area contributed by atoms with Crippen LogP contribution in [0.4, 0.5) is 0 Å². The molecule has 0 heterocycles. The van der Waals surface area contributed by atoms with Crippen LogP contribution in [-0.2, 0) is 19.4 Å². The minimum atomic E-state index is -3.48. The molecule has 0 saturated heterocycles. The van der Waals surface area contributed by atoms with Crippen LogP contribution < -0.4 is 0 Å². The van der Waals surface area contributed by atoms with Gasteiger partial charge in [-0.05, 0) is 31.4 Å². The van der Waals surface area contributed by atoms with E-state index >= 15 is 0 Å². The molecule has 0 aliphatic heterocycles. The van der Waals surface area contributed by atoms with E-state index in [0.717, 1.165) is 37.4 Å². The van der Waals surface area contributed by atoms with Crippen molar-refractivity contribution in [2.45, 2.75) is 62.9 Å². The van der Waals surface area contributed by atoms with Crippen LogP contribution in [0.2, 0.25) is 0 Å². The summed E-state index contributed by atoms with van der Waals surface area (Å²) in [7, 11) is -3.48. The van der Waals surface area contributed by atoms with E-state index in [1.807, 2.05) is 0 Å². The molecule has 0 aliphatic rings. The molecular formula is C18H26O4S. The Bertz CT molecular complexity index is 564. The summed E-state index contributed by atoms with van der Waals surface area (Å²) in [6.07, 6.45) is 8.38. The SMILES string of the molecule is CCCCCC[C@H](CCC=O)OC=CS(=O)(=O)c1ccccc1. The Morgan fingerprint density at radius 1 is 1.09 bits per heavy atom. The largest absolute Gasteiger partial charge is 0.497 e. The molecule has 23 heavy (non-hydrogen) atoms. The highest BCUT2D eigenvalue weighted by Gasteiger charge is 2.11. The fourth-order valence-electron chi connectivity index (χ4n) is 2.24. The van der Waals surface area contributed by atoms with Gasteiger partial charge in [0.05, 0.1) is 22.7 Å². The molecular weight excluding hydrogens is 312 g/mol. The van der Waals surface area contributed by atoms with Crippen LogP contribution in [-0.4, -0.2) is 20.8 Å². The van der Waals surface area contributed by atoms with E-state index in [0.29, 0.717) is 12.8 Å². The highest BCUT2D eigenvalue weighted by Crippen LogP contribution is 2.15. The van der Waals surface area contributed by atoms with Gasteiger partial charge in [-0.25, -0.2) is 8.42 Å². The van der Waals surface area contributed by atoms with Crippen molar-refractivity contribution in [3.05, 3.63) is 42.0 Å². The lowest BCUT2D eigenvalue weighted by Crippen LogP contribution is -2.10. The zero-order valence-corrected chi connectivity index (χ0v) is 14.5. The number of rotatable bonds is 12. The molecule has 1 aromatic rings. The van der Waals surface area contributed by atoms with Gasteiger partial charge in [0.2, 0.25) is 9.84 Å². The normalized spacial score (nSPS) is 13.1. The molecule has 5 heteroatoms.